The zero-order valence-corrected chi connectivity index (χ0v) is 18.6. The Balaban J connectivity index is 0.000000429. The highest BCUT2D eigenvalue weighted by Gasteiger charge is 2.49. The number of benzene rings is 1. The monoisotopic (exact) mass is 506 g/mol. The minimum atomic E-state index is -5.08. The first-order valence-corrected chi connectivity index (χ1v) is 10.8. The number of halogens is 4. The summed E-state index contributed by atoms with van der Waals surface area (Å²) in [6, 6.07) is 6.02. The summed E-state index contributed by atoms with van der Waals surface area (Å²) < 4.78 is 55.6. The standard InChI is InChI=1S/C19H25FN4O4.C2HF3O2/c20-14-3-1-13(2-4-14)15-5-6-21-9-16(15)23-17(25)22-10-19-11-27-8-7-24(19)18(26)28-12-19;3-2(4,5)1(6)7/h1-4,15-16,21H,5-12H2,(H2,22,23,25);(H,6,7)/t15-,16-,19?;/m0./s1. The van der Waals surface area contributed by atoms with Crippen molar-refractivity contribution in [3.05, 3.63) is 35.6 Å². The van der Waals surface area contributed by atoms with E-state index in [1.165, 1.54) is 12.1 Å². The third-order valence-corrected chi connectivity index (χ3v) is 6.00. The molecular weight excluding hydrogens is 480 g/mol. The van der Waals surface area contributed by atoms with Crippen LogP contribution in [0, 0.1) is 5.82 Å². The molecule has 3 saturated heterocycles. The van der Waals surface area contributed by atoms with Crippen LogP contribution in [0.5, 0.6) is 0 Å². The number of nitrogens with zero attached hydrogens (tertiary/aromatic N) is 1. The van der Waals surface area contributed by atoms with Gasteiger partial charge in [-0.15, -0.1) is 0 Å². The van der Waals surface area contributed by atoms with Crippen molar-refractivity contribution in [3.63, 3.8) is 0 Å². The van der Waals surface area contributed by atoms with Crippen LogP contribution < -0.4 is 16.0 Å². The maximum Gasteiger partial charge on any atom is 0.490 e. The number of carbonyl (C=O) groups excluding carboxylic acids is 2. The zero-order chi connectivity index (χ0) is 25.6. The third kappa shape index (κ3) is 6.72. The van der Waals surface area contributed by atoms with Crippen LogP contribution in [0.3, 0.4) is 0 Å². The Bertz CT molecular complexity index is 916. The van der Waals surface area contributed by atoms with Gasteiger partial charge >= 0.3 is 24.3 Å². The van der Waals surface area contributed by atoms with Crippen molar-refractivity contribution in [1.29, 1.82) is 0 Å². The van der Waals surface area contributed by atoms with Crippen molar-refractivity contribution in [1.82, 2.24) is 20.9 Å². The van der Waals surface area contributed by atoms with Crippen molar-refractivity contribution >= 4 is 18.1 Å². The van der Waals surface area contributed by atoms with Crippen LogP contribution in [0.2, 0.25) is 0 Å². The fraction of sp³-hybridized carbons (Fsp3) is 0.571. The molecule has 3 amide bonds. The average Bonchev–Trinajstić information content (AvgIpc) is 3.16. The van der Waals surface area contributed by atoms with Crippen LogP contribution in [0.15, 0.2) is 24.3 Å². The van der Waals surface area contributed by atoms with Gasteiger partial charge < -0.3 is 30.5 Å². The number of aliphatic carboxylic acids is 1. The number of piperidine rings is 1. The first-order valence-electron chi connectivity index (χ1n) is 10.8. The second kappa shape index (κ2) is 11.1. The predicted molar refractivity (Wildman–Crippen MR) is 112 cm³/mol. The molecule has 14 heteroatoms. The lowest BCUT2D eigenvalue weighted by molar-refractivity contribution is -0.192. The van der Waals surface area contributed by atoms with Crippen LogP contribution in [-0.4, -0.2) is 91.9 Å². The molecule has 4 rings (SSSR count). The third-order valence-electron chi connectivity index (χ3n) is 6.00. The van der Waals surface area contributed by atoms with Crippen molar-refractivity contribution in [2.75, 3.05) is 46.0 Å². The molecule has 194 valence electrons. The van der Waals surface area contributed by atoms with Crippen molar-refractivity contribution < 1.29 is 46.5 Å². The summed E-state index contributed by atoms with van der Waals surface area (Å²) in [4.78, 5) is 35.0. The first kappa shape index (κ1) is 26.5. The molecule has 0 aromatic heterocycles. The predicted octanol–water partition coefficient (Wildman–Crippen LogP) is 1.42. The van der Waals surface area contributed by atoms with Gasteiger partial charge in [0.15, 0.2) is 0 Å². The number of hydrogen-bond acceptors (Lipinski definition) is 6. The molecule has 1 unspecified atom stereocenters. The van der Waals surface area contributed by atoms with Gasteiger partial charge in [-0.25, -0.2) is 18.8 Å². The minimum absolute atomic E-state index is 0.108. The minimum Gasteiger partial charge on any atom is -0.475 e. The van der Waals surface area contributed by atoms with E-state index in [1.54, 1.807) is 17.0 Å². The van der Waals surface area contributed by atoms with Crippen LogP contribution in [-0.2, 0) is 14.3 Å². The lowest BCUT2D eigenvalue weighted by atomic mass is 9.86. The molecule has 0 saturated carbocycles. The quantitative estimate of drug-likeness (QED) is 0.455. The van der Waals surface area contributed by atoms with Gasteiger partial charge in [0.2, 0.25) is 0 Å². The highest BCUT2D eigenvalue weighted by Crippen LogP contribution is 2.28. The number of ether oxygens (including phenoxy) is 2. The Hall–Kier alpha value is -3.13. The molecule has 0 radical (unpaired) electrons. The van der Waals surface area contributed by atoms with Crippen molar-refractivity contribution in [3.8, 4) is 0 Å². The summed E-state index contributed by atoms with van der Waals surface area (Å²) in [6.45, 7) is 3.20. The van der Waals surface area contributed by atoms with E-state index in [-0.39, 0.29) is 43.1 Å². The van der Waals surface area contributed by atoms with Crippen LogP contribution in [0.25, 0.3) is 0 Å². The maximum atomic E-state index is 13.2. The number of nitrogens with one attached hydrogen (secondary N) is 3. The Morgan fingerprint density at radius 3 is 2.57 bits per heavy atom. The van der Waals surface area contributed by atoms with E-state index in [4.69, 9.17) is 19.4 Å². The summed E-state index contributed by atoms with van der Waals surface area (Å²) in [5.41, 5.74) is 0.363. The van der Waals surface area contributed by atoms with Gasteiger partial charge in [-0.3, -0.25) is 4.90 Å². The number of alkyl halides is 3. The van der Waals surface area contributed by atoms with Gasteiger partial charge in [0, 0.05) is 31.6 Å². The first-order chi connectivity index (χ1) is 16.5. The number of cyclic esters (lactones) is 1. The number of amides is 3. The molecule has 4 N–H and O–H groups in total. The molecule has 3 fully saturated rings. The Morgan fingerprint density at radius 1 is 1.23 bits per heavy atom. The normalized spacial score (nSPS) is 26.1. The number of carboxylic acid groups (broad SMARTS) is 1. The SMILES string of the molecule is O=C(NCC12COCCN1C(=O)OC2)N[C@H]1CNCC[C@H]1c1ccc(F)cc1.O=C(O)C(F)(F)F. The molecule has 3 heterocycles. The summed E-state index contributed by atoms with van der Waals surface area (Å²) >= 11 is 0. The highest BCUT2D eigenvalue weighted by atomic mass is 19.4. The molecule has 1 aromatic carbocycles. The van der Waals surface area contributed by atoms with Gasteiger partial charge in [0.05, 0.1) is 13.2 Å². The number of fused-ring (bicyclic) bond motifs is 1. The van der Waals surface area contributed by atoms with Gasteiger partial charge in [0.1, 0.15) is 18.0 Å². The van der Waals surface area contributed by atoms with Gasteiger partial charge in [-0.1, -0.05) is 12.1 Å². The maximum absolute atomic E-state index is 13.2. The van der Waals surface area contributed by atoms with Gasteiger partial charge in [-0.05, 0) is 30.7 Å². The van der Waals surface area contributed by atoms with Crippen LogP contribution in [0.1, 0.15) is 17.9 Å². The summed E-state index contributed by atoms with van der Waals surface area (Å²) in [6.07, 6.45) is -4.59. The Labute approximate surface area is 197 Å². The van der Waals surface area contributed by atoms with Gasteiger partial charge in [0.25, 0.3) is 0 Å². The molecule has 3 atom stereocenters. The Morgan fingerprint density at radius 2 is 1.91 bits per heavy atom. The number of urea groups is 1. The van der Waals surface area contributed by atoms with E-state index >= 15 is 0 Å². The molecule has 0 bridgehead atoms. The number of rotatable bonds is 4. The van der Waals surface area contributed by atoms with E-state index in [9.17, 15) is 27.2 Å². The summed E-state index contributed by atoms with van der Waals surface area (Å²) in [5, 5.41) is 16.3. The fourth-order valence-corrected chi connectivity index (χ4v) is 4.19. The van der Waals surface area contributed by atoms with Crippen molar-refractivity contribution in [2.24, 2.45) is 0 Å². The smallest absolute Gasteiger partial charge is 0.475 e. The Kier molecular flexibility index (Phi) is 8.38. The molecule has 1 aromatic rings. The van der Waals surface area contributed by atoms with E-state index in [2.05, 4.69) is 16.0 Å². The molecule has 3 aliphatic heterocycles. The number of carbonyl (C=O) groups is 3. The number of carboxylic acids is 1. The molecule has 0 spiro atoms. The molecule has 0 aliphatic carbocycles. The van der Waals surface area contributed by atoms with E-state index in [1.807, 2.05) is 0 Å². The summed E-state index contributed by atoms with van der Waals surface area (Å²) in [5.74, 6) is -2.92. The lowest BCUT2D eigenvalue weighted by Gasteiger charge is -2.39. The van der Waals surface area contributed by atoms with E-state index in [0.29, 0.717) is 26.3 Å². The van der Waals surface area contributed by atoms with Gasteiger partial charge in [-0.2, -0.15) is 13.2 Å². The lowest BCUT2D eigenvalue weighted by Crippen LogP contribution is -2.62. The topological polar surface area (TPSA) is 129 Å². The molecule has 3 aliphatic rings. The van der Waals surface area contributed by atoms with E-state index in [0.717, 1.165) is 18.5 Å². The van der Waals surface area contributed by atoms with Crippen LogP contribution >= 0.6 is 0 Å². The van der Waals surface area contributed by atoms with Crippen molar-refractivity contribution in [2.45, 2.75) is 30.1 Å². The fourth-order valence-electron chi connectivity index (χ4n) is 4.19. The second-order valence-electron chi connectivity index (χ2n) is 8.37. The molecule has 35 heavy (non-hydrogen) atoms. The van der Waals surface area contributed by atoms with E-state index < -0.39 is 17.7 Å². The average molecular weight is 506 g/mol. The summed E-state index contributed by atoms with van der Waals surface area (Å²) in [7, 11) is 0. The second-order valence-corrected chi connectivity index (χ2v) is 8.37. The number of morpholine rings is 1. The number of hydrogen-bond donors (Lipinski definition) is 4. The molecular formula is C21H26F4N4O6. The molecule has 10 nitrogen and oxygen atoms in total. The van der Waals surface area contributed by atoms with Crippen LogP contribution in [0.4, 0.5) is 27.2 Å². The zero-order valence-electron chi connectivity index (χ0n) is 18.6. The largest absolute Gasteiger partial charge is 0.490 e. The highest BCUT2D eigenvalue weighted by molar-refractivity contribution is 5.75.